The maximum atomic E-state index is 12.2. The van der Waals surface area contributed by atoms with Gasteiger partial charge in [0.15, 0.2) is 0 Å². The van der Waals surface area contributed by atoms with E-state index in [2.05, 4.69) is 52.8 Å². The predicted molar refractivity (Wildman–Crippen MR) is 124 cm³/mol. The molecule has 0 spiro atoms. The molecule has 0 bridgehead atoms. The third kappa shape index (κ3) is 5.94. The molecule has 2 atom stereocenters. The molecule has 2 aliphatic rings. The van der Waals surface area contributed by atoms with Crippen molar-refractivity contribution in [3.05, 3.63) is 71.3 Å². The van der Waals surface area contributed by atoms with Crippen LogP contribution in [0.2, 0.25) is 0 Å². The molecule has 5 heteroatoms. The second-order valence-corrected chi connectivity index (χ2v) is 9.13. The van der Waals surface area contributed by atoms with Crippen LogP contribution >= 0.6 is 0 Å². The number of hydrogen-bond acceptors (Lipinski definition) is 5. The van der Waals surface area contributed by atoms with E-state index in [1.807, 2.05) is 18.2 Å². The molecule has 2 aliphatic heterocycles. The fourth-order valence-corrected chi connectivity index (χ4v) is 4.85. The summed E-state index contributed by atoms with van der Waals surface area (Å²) in [4.78, 5) is 19.6. The molecule has 2 aromatic carbocycles. The zero-order chi connectivity index (χ0) is 21.6. The van der Waals surface area contributed by atoms with Crippen LogP contribution in [0.1, 0.15) is 48.2 Å². The highest BCUT2D eigenvalue weighted by molar-refractivity contribution is 5.89. The number of carbonyl (C=O) groups is 1. The van der Waals surface area contributed by atoms with Gasteiger partial charge in [-0.15, -0.1) is 0 Å². The zero-order valence-corrected chi connectivity index (χ0v) is 18.9. The van der Waals surface area contributed by atoms with E-state index in [0.717, 1.165) is 26.2 Å². The molecule has 2 fully saturated rings. The maximum Gasteiger partial charge on any atom is 0.339 e. The first-order chi connectivity index (χ1) is 15.1. The van der Waals surface area contributed by atoms with Crippen LogP contribution in [0.3, 0.4) is 0 Å². The van der Waals surface area contributed by atoms with E-state index in [-0.39, 0.29) is 5.97 Å². The van der Waals surface area contributed by atoms with Crippen molar-refractivity contribution in [1.29, 1.82) is 0 Å². The quantitative estimate of drug-likeness (QED) is 0.632. The van der Waals surface area contributed by atoms with E-state index in [9.17, 15) is 4.79 Å². The smallest absolute Gasteiger partial charge is 0.339 e. The lowest BCUT2D eigenvalue weighted by atomic mass is 10.1. The Hall–Kier alpha value is -2.21. The van der Waals surface area contributed by atoms with E-state index in [1.54, 1.807) is 12.1 Å². The Morgan fingerprint density at radius 1 is 0.839 bits per heavy atom. The first-order valence-electron chi connectivity index (χ1n) is 11.6. The number of benzene rings is 2. The lowest BCUT2D eigenvalue weighted by molar-refractivity contribution is -0.0250. The van der Waals surface area contributed by atoms with Crippen LogP contribution in [0, 0.1) is 0 Å². The number of rotatable bonds is 7. The minimum Gasteiger partial charge on any atom is -0.446 e. The van der Waals surface area contributed by atoms with E-state index in [1.165, 1.54) is 37.1 Å². The van der Waals surface area contributed by atoms with Gasteiger partial charge in [-0.05, 0) is 63.0 Å². The van der Waals surface area contributed by atoms with Crippen molar-refractivity contribution in [2.75, 3.05) is 32.9 Å². The van der Waals surface area contributed by atoms with Crippen molar-refractivity contribution < 1.29 is 9.53 Å². The molecule has 0 aromatic heterocycles. The Balaban J connectivity index is 1.26. The molecule has 0 N–H and O–H groups in total. The number of carbonyl (C=O) groups excluding carboxylic acids is 1. The number of nitrogens with zero attached hydrogens (tertiary/aromatic N) is 3. The number of likely N-dealkylation sites (tertiary alicyclic amines) is 1. The van der Waals surface area contributed by atoms with Gasteiger partial charge < -0.3 is 4.74 Å². The average Bonchev–Trinajstić information content (AvgIpc) is 3.29. The van der Waals surface area contributed by atoms with E-state index < -0.39 is 0 Å². The van der Waals surface area contributed by atoms with E-state index in [0.29, 0.717) is 24.4 Å². The highest BCUT2D eigenvalue weighted by Crippen LogP contribution is 2.20. The summed E-state index contributed by atoms with van der Waals surface area (Å²) in [6.45, 7) is 11.2. The maximum absolute atomic E-state index is 12.2. The number of hydrogen-bond donors (Lipinski definition) is 0. The van der Waals surface area contributed by atoms with Crippen molar-refractivity contribution in [1.82, 2.24) is 14.7 Å². The number of esters is 1. The van der Waals surface area contributed by atoms with Crippen LogP contribution in [0.4, 0.5) is 0 Å². The first kappa shape index (κ1) is 22.0. The SMILES string of the molecule is C[C@@H]1CN(COC(=O)c2ccccc2)C[C@H](C)N1Cc1ccc(CN2CCCC2)cc1. The lowest BCUT2D eigenvalue weighted by Gasteiger charge is -2.44. The third-order valence-corrected chi connectivity index (χ3v) is 6.56. The van der Waals surface area contributed by atoms with Gasteiger partial charge >= 0.3 is 5.97 Å². The van der Waals surface area contributed by atoms with Crippen molar-refractivity contribution in [2.24, 2.45) is 0 Å². The summed E-state index contributed by atoms with van der Waals surface area (Å²) in [5.74, 6) is -0.252. The number of piperazine rings is 1. The summed E-state index contributed by atoms with van der Waals surface area (Å²) in [7, 11) is 0. The second kappa shape index (κ2) is 10.4. The monoisotopic (exact) mass is 421 g/mol. The zero-order valence-electron chi connectivity index (χ0n) is 18.9. The summed E-state index contributed by atoms with van der Waals surface area (Å²) in [6.07, 6.45) is 2.68. The Labute approximate surface area is 186 Å². The minimum absolute atomic E-state index is 0.252. The lowest BCUT2D eigenvalue weighted by Crippen LogP contribution is -2.56. The fourth-order valence-electron chi connectivity index (χ4n) is 4.85. The molecule has 0 unspecified atom stereocenters. The summed E-state index contributed by atoms with van der Waals surface area (Å²) in [6, 6.07) is 19.2. The van der Waals surface area contributed by atoms with E-state index in [4.69, 9.17) is 4.74 Å². The highest BCUT2D eigenvalue weighted by atomic mass is 16.5. The van der Waals surface area contributed by atoms with Gasteiger partial charge in [-0.3, -0.25) is 14.7 Å². The molecule has 4 rings (SSSR count). The standard InChI is InChI=1S/C26H35N3O2/c1-21-16-28(20-31-26(30)25-8-4-3-5-9-25)17-22(2)29(21)19-24-12-10-23(11-13-24)18-27-14-6-7-15-27/h3-5,8-13,21-22H,6-7,14-20H2,1-2H3/t21-,22+. The van der Waals surface area contributed by atoms with Crippen molar-refractivity contribution >= 4 is 5.97 Å². The van der Waals surface area contributed by atoms with Gasteiger partial charge in [-0.25, -0.2) is 4.79 Å². The number of ether oxygens (including phenoxy) is 1. The third-order valence-electron chi connectivity index (χ3n) is 6.56. The molecular formula is C26H35N3O2. The molecule has 5 nitrogen and oxygen atoms in total. The van der Waals surface area contributed by atoms with Gasteiger partial charge in [-0.2, -0.15) is 0 Å². The Morgan fingerprint density at radius 3 is 2.03 bits per heavy atom. The normalized spacial score (nSPS) is 23.2. The van der Waals surface area contributed by atoms with Crippen LogP contribution in [0.25, 0.3) is 0 Å². The van der Waals surface area contributed by atoms with Gasteiger partial charge in [0.25, 0.3) is 0 Å². The van der Waals surface area contributed by atoms with Gasteiger partial charge in [0.05, 0.1) is 5.56 Å². The molecule has 0 radical (unpaired) electrons. The van der Waals surface area contributed by atoms with Gasteiger partial charge in [0.2, 0.25) is 0 Å². The second-order valence-electron chi connectivity index (χ2n) is 9.13. The molecule has 0 aliphatic carbocycles. The summed E-state index contributed by atoms with van der Waals surface area (Å²) < 4.78 is 5.55. The molecule has 31 heavy (non-hydrogen) atoms. The summed E-state index contributed by atoms with van der Waals surface area (Å²) in [5.41, 5.74) is 3.39. The van der Waals surface area contributed by atoms with Gasteiger partial charge in [0, 0.05) is 38.3 Å². The van der Waals surface area contributed by atoms with Crippen LogP contribution < -0.4 is 0 Å². The summed E-state index contributed by atoms with van der Waals surface area (Å²) >= 11 is 0. The van der Waals surface area contributed by atoms with Crippen LogP contribution in [0.5, 0.6) is 0 Å². The van der Waals surface area contributed by atoms with Crippen molar-refractivity contribution in [3.63, 3.8) is 0 Å². The summed E-state index contributed by atoms with van der Waals surface area (Å²) in [5, 5.41) is 0. The highest BCUT2D eigenvalue weighted by Gasteiger charge is 2.30. The molecular weight excluding hydrogens is 386 g/mol. The first-order valence-corrected chi connectivity index (χ1v) is 11.6. The largest absolute Gasteiger partial charge is 0.446 e. The predicted octanol–water partition coefficient (Wildman–Crippen LogP) is 3.99. The molecule has 0 amide bonds. The average molecular weight is 422 g/mol. The topological polar surface area (TPSA) is 36.0 Å². The molecule has 166 valence electrons. The molecule has 2 aromatic rings. The van der Waals surface area contributed by atoms with Gasteiger partial charge in [-0.1, -0.05) is 42.5 Å². The van der Waals surface area contributed by atoms with Crippen LogP contribution in [-0.4, -0.2) is 65.7 Å². The molecule has 2 saturated heterocycles. The van der Waals surface area contributed by atoms with Crippen molar-refractivity contribution in [3.8, 4) is 0 Å². The van der Waals surface area contributed by atoms with E-state index >= 15 is 0 Å². The van der Waals surface area contributed by atoms with Crippen molar-refractivity contribution in [2.45, 2.75) is 51.9 Å². The fraction of sp³-hybridized carbons (Fsp3) is 0.500. The minimum atomic E-state index is -0.252. The molecule has 0 saturated carbocycles. The Bertz CT molecular complexity index is 821. The van der Waals surface area contributed by atoms with Gasteiger partial charge in [0.1, 0.15) is 6.73 Å². The molecule has 2 heterocycles. The van der Waals surface area contributed by atoms with Crippen LogP contribution in [-0.2, 0) is 17.8 Å². The van der Waals surface area contributed by atoms with Crippen LogP contribution in [0.15, 0.2) is 54.6 Å². The Morgan fingerprint density at radius 2 is 1.42 bits per heavy atom. The Kier molecular flexibility index (Phi) is 7.38.